The topological polar surface area (TPSA) is 55.6 Å². The van der Waals surface area contributed by atoms with E-state index >= 15 is 0 Å². The molecule has 1 fully saturated rings. The van der Waals surface area contributed by atoms with Crippen molar-refractivity contribution in [3.63, 3.8) is 0 Å². The molecule has 0 saturated carbocycles. The van der Waals surface area contributed by atoms with Gasteiger partial charge < -0.3 is 9.64 Å². The van der Waals surface area contributed by atoms with Crippen molar-refractivity contribution in [2.45, 2.75) is 18.9 Å². The van der Waals surface area contributed by atoms with E-state index in [-0.39, 0.29) is 10.6 Å². The molecule has 0 spiro atoms. The third-order valence-corrected chi connectivity index (χ3v) is 3.13. The second-order valence-corrected chi connectivity index (χ2v) is 4.22. The SMILES string of the molecule is COC[C@@H]1CCCN1c1ccc([N+](=O)[O-])cc1. The zero-order valence-corrected chi connectivity index (χ0v) is 9.83. The highest BCUT2D eigenvalue weighted by Gasteiger charge is 2.24. The maximum Gasteiger partial charge on any atom is 0.269 e. The summed E-state index contributed by atoms with van der Waals surface area (Å²) in [5, 5.41) is 10.6. The van der Waals surface area contributed by atoms with Crippen LogP contribution in [-0.2, 0) is 4.74 Å². The molecule has 0 radical (unpaired) electrons. The van der Waals surface area contributed by atoms with Gasteiger partial charge in [0.25, 0.3) is 5.69 Å². The lowest BCUT2D eigenvalue weighted by Crippen LogP contribution is -2.32. The second-order valence-electron chi connectivity index (χ2n) is 4.22. The van der Waals surface area contributed by atoms with E-state index in [4.69, 9.17) is 4.74 Å². The van der Waals surface area contributed by atoms with Crippen LogP contribution >= 0.6 is 0 Å². The van der Waals surface area contributed by atoms with Gasteiger partial charge in [-0.15, -0.1) is 0 Å². The van der Waals surface area contributed by atoms with E-state index in [9.17, 15) is 10.1 Å². The Kier molecular flexibility index (Phi) is 3.58. The minimum absolute atomic E-state index is 0.135. The highest BCUT2D eigenvalue weighted by atomic mass is 16.6. The summed E-state index contributed by atoms with van der Waals surface area (Å²) >= 11 is 0. The van der Waals surface area contributed by atoms with Crippen LogP contribution in [0.25, 0.3) is 0 Å². The minimum atomic E-state index is -0.375. The average Bonchev–Trinajstić information content (AvgIpc) is 2.78. The average molecular weight is 236 g/mol. The fourth-order valence-corrected chi connectivity index (χ4v) is 2.31. The predicted octanol–water partition coefficient (Wildman–Crippen LogP) is 2.21. The first-order valence-electron chi connectivity index (χ1n) is 5.72. The maximum atomic E-state index is 10.6. The Morgan fingerprint density at radius 1 is 1.47 bits per heavy atom. The van der Waals surface area contributed by atoms with Crippen LogP contribution < -0.4 is 4.90 Å². The van der Waals surface area contributed by atoms with Gasteiger partial charge in [-0.25, -0.2) is 0 Å². The third-order valence-electron chi connectivity index (χ3n) is 3.13. The summed E-state index contributed by atoms with van der Waals surface area (Å²) in [5.41, 5.74) is 1.17. The van der Waals surface area contributed by atoms with Crippen LogP contribution in [0, 0.1) is 10.1 Å². The molecule has 0 amide bonds. The number of benzene rings is 1. The molecule has 0 bridgehead atoms. The van der Waals surface area contributed by atoms with E-state index in [2.05, 4.69) is 4.90 Å². The smallest absolute Gasteiger partial charge is 0.269 e. The molecule has 0 aromatic heterocycles. The van der Waals surface area contributed by atoms with Crippen molar-refractivity contribution in [2.75, 3.05) is 25.2 Å². The number of nitro groups is 1. The summed E-state index contributed by atoms with van der Waals surface area (Å²) in [6, 6.07) is 7.12. The molecule has 1 aliphatic rings. The van der Waals surface area contributed by atoms with Gasteiger partial charge in [0.2, 0.25) is 0 Å². The van der Waals surface area contributed by atoms with E-state index in [1.807, 2.05) is 12.1 Å². The van der Waals surface area contributed by atoms with Crippen molar-refractivity contribution in [1.29, 1.82) is 0 Å². The molecule has 1 aliphatic heterocycles. The number of nitrogens with zero attached hydrogens (tertiary/aromatic N) is 2. The van der Waals surface area contributed by atoms with E-state index in [1.54, 1.807) is 19.2 Å². The largest absolute Gasteiger partial charge is 0.383 e. The van der Waals surface area contributed by atoms with Crippen molar-refractivity contribution >= 4 is 11.4 Å². The monoisotopic (exact) mass is 236 g/mol. The van der Waals surface area contributed by atoms with Gasteiger partial charge in [0.1, 0.15) is 0 Å². The van der Waals surface area contributed by atoms with Gasteiger partial charge in [-0.1, -0.05) is 0 Å². The van der Waals surface area contributed by atoms with Gasteiger partial charge in [-0.2, -0.15) is 0 Å². The molecule has 5 heteroatoms. The number of rotatable bonds is 4. The Morgan fingerprint density at radius 3 is 2.76 bits per heavy atom. The summed E-state index contributed by atoms with van der Waals surface area (Å²) in [5.74, 6) is 0. The fraction of sp³-hybridized carbons (Fsp3) is 0.500. The van der Waals surface area contributed by atoms with Gasteiger partial charge in [0.15, 0.2) is 0 Å². The van der Waals surface area contributed by atoms with Crippen LogP contribution in [0.15, 0.2) is 24.3 Å². The van der Waals surface area contributed by atoms with Crippen molar-refractivity contribution in [3.05, 3.63) is 34.4 Å². The number of hydrogen-bond acceptors (Lipinski definition) is 4. The highest BCUT2D eigenvalue weighted by Crippen LogP contribution is 2.27. The van der Waals surface area contributed by atoms with Crippen LogP contribution in [0.2, 0.25) is 0 Å². The van der Waals surface area contributed by atoms with Gasteiger partial charge in [0, 0.05) is 31.5 Å². The Bertz CT molecular complexity index is 391. The second kappa shape index (κ2) is 5.14. The normalized spacial score (nSPS) is 19.6. The zero-order valence-electron chi connectivity index (χ0n) is 9.83. The molecule has 1 heterocycles. The first kappa shape index (κ1) is 11.9. The van der Waals surface area contributed by atoms with Crippen LogP contribution in [0.3, 0.4) is 0 Å². The predicted molar refractivity (Wildman–Crippen MR) is 65.3 cm³/mol. The Labute approximate surface area is 100 Å². The molecule has 92 valence electrons. The molecule has 0 N–H and O–H groups in total. The van der Waals surface area contributed by atoms with E-state index in [0.717, 1.165) is 25.1 Å². The lowest BCUT2D eigenvalue weighted by Gasteiger charge is -2.26. The molecular weight excluding hydrogens is 220 g/mol. The molecular formula is C12H16N2O3. The molecule has 1 atom stereocenters. The minimum Gasteiger partial charge on any atom is -0.383 e. The quantitative estimate of drug-likeness (QED) is 0.594. The van der Waals surface area contributed by atoms with Crippen molar-refractivity contribution in [1.82, 2.24) is 0 Å². The first-order chi connectivity index (χ1) is 8.22. The van der Waals surface area contributed by atoms with Gasteiger partial charge in [-0.3, -0.25) is 10.1 Å². The zero-order chi connectivity index (χ0) is 12.3. The van der Waals surface area contributed by atoms with Gasteiger partial charge in [0.05, 0.1) is 17.6 Å². The standard InChI is InChI=1S/C12H16N2O3/c1-17-9-12-3-2-8-13(12)10-4-6-11(7-5-10)14(15)16/h4-7,12H,2-3,8-9H2,1H3/t12-/m0/s1. The molecule has 1 aromatic carbocycles. The van der Waals surface area contributed by atoms with Crippen LogP contribution in [0.5, 0.6) is 0 Å². The number of ether oxygens (including phenoxy) is 1. The Balaban J connectivity index is 2.13. The molecule has 2 rings (SSSR count). The molecule has 17 heavy (non-hydrogen) atoms. The maximum absolute atomic E-state index is 10.6. The first-order valence-corrected chi connectivity index (χ1v) is 5.72. The van der Waals surface area contributed by atoms with Crippen molar-refractivity contribution in [2.24, 2.45) is 0 Å². The van der Waals surface area contributed by atoms with E-state index in [1.165, 1.54) is 0 Å². The number of nitro benzene ring substituents is 1. The molecule has 5 nitrogen and oxygen atoms in total. The fourth-order valence-electron chi connectivity index (χ4n) is 2.31. The summed E-state index contributed by atoms with van der Waals surface area (Å²) in [4.78, 5) is 12.5. The van der Waals surface area contributed by atoms with Crippen molar-refractivity contribution < 1.29 is 9.66 Å². The number of anilines is 1. The van der Waals surface area contributed by atoms with Gasteiger partial charge >= 0.3 is 0 Å². The van der Waals surface area contributed by atoms with Crippen LogP contribution in [0.1, 0.15) is 12.8 Å². The summed E-state index contributed by atoms with van der Waals surface area (Å²) < 4.78 is 5.19. The number of non-ortho nitro benzene ring substituents is 1. The molecule has 0 unspecified atom stereocenters. The van der Waals surface area contributed by atoms with Crippen LogP contribution in [0.4, 0.5) is 11.4 Å². The van der Waals surface area contributed by atoms with Crippen LogP contribution in [-0.4, -0.2) is 31.2 Å². The van der Waals surface area contributed by atoms with E-state index in [0.29, 0.717) is 12.6 Å². The molecule has 1 saturated heterocycles. The summed E-state index contributed by atoms with van der Waals surface area (Å²) in [6.45, 7) is 1.70. The van der Waals surface area contributed by atoms with Gasteiger partial charge in [-0.05, 0) is 25.0 Å². The Morgan fingerprint density at radius 2 is 2.18 bits per heavy atom. The molecule has 1 aromatic rings. The summed E-state index contributed by atoms with van der Waals surface area (Å²) in [6.07, 6.45) is 2.26. The highest BCUT2D eigenvalue weighted by molar-refractivity contribution is 5.52. The van der Waals surface area contributed by atoms with E-state index < -0.39 is 0 Å². The van der Waals surface area contributed by atoms with Crippen molar-refractivity contribution in [3.8, 4) is 0 Å². The Hall–Kier alpha value is -1.62. The number of methoxy groups -OCH3 is 1. The third kappa shape index (κ3) is 2.55. The lowest BCUT2D eigenvalue weighted by molar-refractivity contribution is -0.384. The number of hydrogen-bond donors (Lipinski definition) is 0. The lowest BCUT2D eigenvalue weighted by atomic mass is 10.2. The molecule has 0 aliphatic carbocycles. The summed E-state index contributed by atoms with van der Waals surface area (Å²) in [7, 11) is 1.70.